The van der Waals surface area contributed by atoms with E-state index < -0.39 is 10.0 Å². The lowest BCUT2D eigenvalue weighted by atomic mass is 10.1. The Morgan fingerprint density at radius 2 is 1.81 bits per heavy atom. The molecule has 0 amide bonds. The molecule has 1 aliphatic heterocycles. The third-order valence-corrected chi connectivity index (χ3v) is 7.08. The number of rotatable bonds is 5. The largest absolute Gasteiger partial charge is 0.244 e. The maximum atomic E-state index is 13.1. The lowest BCUT2D eigenvalue weighted by molar-refractivity contribution is 0.551. The van der Waals surface area contributed by atoms with Crippen LogP contribution in [-0.2, 0) is 10.0 Å². The Labute approximate surface area is 164 Å². The van der Waals surface area contributed by atoms with Gasteiger partial charge < -0.3 is 0 Å². The van der Waals surface area contributed by atoms with E-state index in [1.165, 1.54) is 4.31 Å². The van der Waals surface area contributed by atoms with Crippen LogP contribution in [0.3, 0.4) is 0 Å². The highest BCUT2D eigenvalue weighted by Gasteiger charge is 2.56. The molecule has 2 aromatic carbocycles. The molecule has 3 atom stereocenters. The predicted octanol–water partition coefficient (Wildman–Crippen LogP) is 5.07. The van der Waals surface area contributed by atoms with E-state index >= 15 is 0 Å². The number of nitrogens with zero attached hydrogens (tertiary/aromatic N) is 1. The first kappa shape index (κ1) is 19.2. The summed E-state index contributed by atoms with van der Waals surface area (Å²) in [5, 5.41) is 0. The summed E-state index contributed by atoms with van der Waals surface area (Å²) >= 11 is 3.55. The zero-order chi connectivity index (χ0) is 18.7. The van der Waals surface area contributed by atoms with Crippen LogP contribution in [-0.4, -0.2) is 18.8 Å². The zero-order valence-corrected chi connectivity index (χ0v) is 17.3. The van der Waals surface area contributed by atoms with Crippen LogP contribution in [0.5, 0.6) is 0 Å². The standard InChI is InChI=1S/C21H22BrNO2S/c1-3-4-5-6-11-20-21(18-9-7-8-10-19(18)22)23(20)26(24,25)17-14-12-16(2)13-15-17/h7-10,12-15,20-21H,3-5H2,1-2H3/t20-,21+,23?/m0/s1. The van der Waals surface area contributed by atoms with Crippen LogP contribution in [0.25, 0.3) is 0 Å². The van der Waals surface area contributed by atoms with Gasteiger partial charge in [0.2, 0.25) is 10.0 Å². The van der Waals surface area contributed by atoms with Crippen LogP contribution in [0, 0.1) is 18.8 Å². The minimum Gasteiger partial charge on any atom is -0.207 e. The third kappa shape index (κ3) is 3.88. The first-order chi connectivity index (χ1) is 12.5. The average molecular weight is 432 g/mol. The summed E-state index contributed by atoms with van der Waals surface area (Å²) in [5.74, 6) is 6.34. The van der Waals surface area contributed by atoms with Crippen molar-refractivity contribution in [2.24, 2.45) is 0 Å². The van der Waals surface area contributed by atoms with Crippen molar-refractivity contribution in [3.63, 3.8) is 0 Å². The molecule has 136 valence electrons. The van der Waals surface area contributed by atoms with Gasteiger partial charge in [0, 0.05) is 10.9 Å². The molecular weight excluding hydrogens is 410 g/mol. The van der Waals surface area contributed by atoms with Gasteiger partial charge in [-0.2, -0.15) is 4.31 Å². The van der Waals surface area contributed by atoms with E-state index in [0.717, 1.165) is 34.9 Å². The first-order valence-electron chi connectivity index (χ1n) is 8.80. The van der Waals surface area contributed by atoms with Crippen LogP contribution in [0.4, 0.5) is 0 Å². The maximum Gasteiger partial charge on any atom is 0.244 e. The molecule has 1 fully saturated rings. The van der Waals surface area contributed by atoms with Gasteiger partial charge in [-0.05, 0) is 37.1 Å². The summed E-state index contributed by atoms with van der Waals surface area (Å²) in [6.07, 6.45) is 2.91. The van der Waals surface area contributed by atoms with Crippen molar-refractivity contribution < 1.29 is 8.42 Å². The summed E-state index contributed by atoms with van der Waals surface area (Å²) in [4.78, 5) is 0.318. The summed E-state index contributed by atoms with van der Waals surface area (Å²) in [5.41, 5.74) is 1.99. The Morgan fingerprint density at radius 1 is 1.12 bits per heavy atom. The quantitative estimate of drug-likeness (QED) is 0.376. The molecule has 0 saturated carbocycles. The molecule has 0 spiro atoms. The second-order valence-electron chi connectivity index (χ2n) is 6.48. The predicted molar refractivity (Wildman–Crippen MR) is 108 cm³/mol. The summed E-state index contributed by atoms with van der Waals surface area (Å²) in [6.45, 7) is 4.07. The Balaban J connectivity index is 1.95. The lowest BCUT2D eigenvalue weighted by Crippen LogP contribution is -2.14. The fourth-order valence-corrected chi connectivity index (χ4v) is 5.13. The van der Waals surface area contributed by atoms with E-state index in [-0.39, 0.29) is 12.1 Å². The van der Waals surface area contributed by atoms with Crippen molar-refractivity contribution in [1.82, 2.24) is 4.31 Å². The summed E-state index contributed by atoms with van der Waals surface area (Å²) in [6, 6.07) is 14.2. The molecule has 3 nitrogen and oxygen atoms in total. The summed E-state index contributed by atoms with van der Waals surface area (Å²) in [7, 11) is -3.58. The Hall–Kier alpha value is -1.61. The SMILES string of the molecule is CCCCC#C[C@H]1[C@@H](c2ccccc2Br)N1S(=O)(=O)c1ccc(C)cc1. The smallest absolute Gasteiger partial charge is 0.207 e. The van der Waals surface area contributed by atoms with Crippen molar-refractivity contribution >= 4 is 26.0 Å². The Morgan fingerprint density at radius 3 is 2.46 bits per heavy atom. The van der Waals surface area contributed by atoms with Gasteiger partial charge in [0.25, 0.3) is 0 Å². The van der Waals surface area contributed by atoms with Crippen molar-refractivity contribution in [3.8, 4) is 11.8 Å². The third-order valence-electron chi connectivity index (χ3n) is 4.48. The number of benzene rings is 2. The molecular formula is C21H22BrNO2S. The van der Waals surface area contributed by atoms with Crippen molar-refractivity contribution in [2.45, 2.75) is 50.1 Å². The lowest BCUT2D eigenvalue weighted by Gasteiger charge is -2.07. The molecule has 1 heterocycles. The molecule has 0 N–H and O–H groups in total. The minimum absolute atomic E-state index is 0.244. The van der Waals surface area contributed by atoms with Gasteiger partial charge in [-0.15, -0.1) is 5.92 Å². The average Bonchev–Trinajstić information content (AvgIpc) is 3.34. The topological polar surface area (TPSA) is 37.1 Å². The molecule has 0 aromatic heterocycles. The molecule has 0 bridgehead atoms. The van der Waals surface area contributed by atoms with E-state index in [1.54, 1.807) is 12.1 Å². The fourth-order valence-electron chi connectivity index (χ4n) is 2.95. The van der Waals surface area contributed by atoms with Gasteiger partial charge in [-0.25, -0.2) is 8.42 Å². The number of hydrogen-bond donors (Lipinski definition) is 0. The van der Waals surface area contributed by atoms with E-state index in [0.29, 0.717) is 4.90 Å². The van der Waals surface area contributed by atoms with Crippen molar-refractivity contribution in [2.75, 3.05) is 0 Å². The van der Waals surface area contributed by atoms with Gasteiger partial charge in [-0.3, -0.25) is 0 Å². The first-order valence-corrected chi connectivity index (χ1v) is 11.0. The number of aryl methyl sites for hydroxylation is 1. The van der Waals surface area contributed by atoms with Gasteiger partial charge in [0.15, 0.2) is 0 Å². The van der Waals surface area contributed by atoms with Gasteiger partial charge in [0.05, 0.1) is 10.9 Å². The molecule has 1 saturated heterocycles. The van der Waals surface area contributed by atoms with E-state index in [9.17, 15) is 8.42 Å². The molecule has 1 unspecified atom stereocenters. The van der Waals surface area contributed by atoms with Crippen molar-refractivity contribution in [3.05, 3.63) is 64.1 Å². The maximum absolute atomic E-state index is 13.1. The molecule has 0 aliphatic carbocycles. The molecule has 2 aromatic rings. The van der Waals surface area contributed by atoms with E-state index in [1.807, 2.05) is 43.3 Å². The second-order valence-corrected chi connectivity index (χ2v) is 9.18. The van der Waals surface area contributed by atoms with Crippen molar-refractivity contribution in [1.29, 1.82) is 0 Å². The minimum atomic E-state index is -3.58. The van der Waals surface area contributed by atoms with Crippen LogP contribution in [0.1, 0.15) is 43.4 Å². The molecule has 3 rings (SSSR count). The van der Waals surface area contributed by atoms with Crippen LogP contribution < -0.4 is 0 Å². The van der Waals surface area contributed by atoms with Gasteiger partial charge >= 0.3 is 0 Å². The monoisotopic (exact) mass is 431 g/mol. The molecule has 5 heteroatoms. The normalized spacial score (nSPS) is 21.7. The zero-order valence-electron chi connectivity index (χ0n) is 14.9. The molecule has 26 heavy (non-hydrogen) atoms. The molecule has 0 radical (unpaired) electrons. The highest BCUT2D eigenvalue weighted by Crippen LogP contribution is 2.49. The Bertz CT molecular complexity index is 942. The number of hydrogen-bond acceptors (Lipinski definition) is 2. The van der Waals surface area contributed by atoms with E-state index in [4.69, 9.17) is 0 Å². The van der Waals surface area contributed by atoms with Crippen LogP contribution in [0.15, 0.2) is 57.9 Å². The highest BCUT2D eigenvalue weighted by molar-refractivity contribution is 9.10. The highest BCUT2D eigenvalue weighted by atomic mass is 79.9. The second kappa shape index (κ2) is 7.96. The van der Waals surface area contributed by atoms with Crippen LogP contribution in [0.2, 0.25) is 0 Å². The number of halogens is 1. The fraction of sp³-hybridized carbons (Fsp3) is 0.333. The number of sulfonamides is 1. The molecule has 1 aliphatic rings. The van der Waals surface area contributed by atoms with E-state index in [2.05, 4.69) is 34.7 Å². The summed E-state index contributed by atoms with van der Waals surface area (Å²) < 4.78 is 28.7. The van der Waals surface area contributed by atoms with Gasteiger partial charge in [0.1, 0.15) is 6.04 Å². The van der Waals surface area contributed by atoms with Crippen LogP contribution >= 0.6 is 15.9 Å². The Kier molecular flexibility index (Phi) is 5.86. The van der Waals surface area contributed by atoms with Gasteiger partial charge in [-0.1, -0.05) is 71.1 Å². The number of unbranched alkanes of at least 4 members (excludes halogenated alkanes) is 2.